The molecule has 1 aliphatic heterocycles. The van der Waals surface area contributed by atoms with E-state index in [9.17, 15) is 0 Å². The number of ether oxygens (including phenoxy) is 1. The molecule has 0 aromatic carbocycles. The van der Waals surface area contributed by atoms with Crippen LogP contribution in [0.25, 0.3) is 0 Å². The second-order valence-corrected chi connectivity index (χ2v) is 5.67. The van der Waals surface area contributed by atoms with E-state index in [0.717, 1.165) is 38.2 Å². The van der Waals surface area contributed by atoms with Gasteiger partial charge in [-0.25, -0.2) is 4.99 Å². The lowest BCUT2D eigenvalue weighted by Gasteiger charge is -2.26. The topological polar surface area (TPSA) is 75.8 Å². The van der Waals surface area contributed by atoms with Gasteiger partial charge in [0, 0.05) is 33.4 Å². The van der Waals surface area contributed by atoms with E-state index in [2.05, 4.69) is 39.3 Å². The zero-order chi connectivity index (χ0) is 15.8. The fraction of sp³-hybridized carbons (Fsp3) is 0.800. The number of nitrogens with zero attached hydrogens (tertiary/aromatic N) is 4. The molecule has 0 aliphatic carbocycles. The lowest BCUT2D eigenvalue weighted by molar-refractivity contribution is 0.0625. The van der Waals surface area contributed by atoms with Crippen LogP contribution in [-0.4, -0.2) is 54.4 Å². The second-order valence-electron chi connectivity index (χ2n) is 5.67. The van der Waals surface area contributed by atoms with Gasteiger partial charge < -0.3 is 19.5 Å². The predicted molar refractivity (Wildman–Crippen MR) is 84.6 cm³/mol. The van der Waals surface area contributed by atoms with Gasteiger partial charge in [-0.1, -0.05) is 5.16 Å². The average Bonchev–Trinajstić information content (AvgIpc) is 2.95. The van der Waals surface area contributed by atoms with Gasteiger partial charge in [0.25, 0.3) is 0 Å². The molecule has 7 nitrogen and oxygen atoms in total. The number of aliphatic imine (C=N–C) groups is 1. The number of nitrogens with one attached hydrogen (secondary N) is 1. The molecule has 0 radical (unpaired) electrons. The summed E-state index contributed by atoms with van der Waals surface area (Å²) in [4.78, 5) is 10.9. The maximum Gasteiger partial charge on any atom is 0.248 e. The van der Waals surface area contributed by atoms with E-state index in [4.69, 9.17) is 9.26 Å². The maximum absolute atomic E-state index is 5.41. The predicted octanol–water partition coefficient (Wildman–Crippen LogP) is 1.59. The first-order valence-electron chi connectivity index (χ1n) is 8.05. The highest BCUT2D eigenvalue weighted by Crippen LogP contribution is 2.18. The first-order valence-corrected chi connectivity index (χ1v) is 8.05. The minimum absolute atomic E-state index is 0.408. The van der Waals surface area contributed by atoms with E-state index < -0.39 is 0 Å². The summed E-state index contributed by atoms with van der Waals surface area (Å²) in [5, 5.41) is 7.09. The number of hydrogen-bond acceptors (Lipinski definition) is 5. The van der Waals surface area contributed by atoms with Gasteiger partial charge in [0.2, 0.25) is 5.89 Å². The summed E-state index contributed by atoms with van der Waals surface area (Å²) < 4.78 is 10.5. The van der Waals surface area contributed by atoms with Gasteiger partial charge >= 0.3 is 0 Å². The first kappa shape index (κ1) is 16.7. The van der Waals surface area contributed by atoms with E-state index >= 15 is 0 Å². The summed E-state index contributed by atoms with van der Waals surface area (Å²) in [5.41, 5.74) is 0. The van der Waals surface area contributed by atoms with E-state index in [0.29, 0.717) is 18.3 Å². The van der Waals surface area contributed by atoms with Crippen LogP contribution in [0, 0.1) is 12.8 Å². The highest BCUT2D eigenvalue weighted by molar-refractivity contribution is 5.79. The van der Waals surface area contributed by atoms with E-state index in [1.54, 1.807) is 0 Å². The Morgan fingerprint density at radius 3 is 2.82 bits per heavy atom. The lowest BCUT2D eigenvalue weighted by Crippen LogP contribution is -2.40. The molecular weight excluding hydrogens is 282 g/mol. The number of aromatic nitrogens is 2. The standard InChI is InChI=1S/C15H27N5O2/c1-4-16-15(17-11-14-18-12(2)19-22-14)20(3)8-5-13-6-9-21-10-7-13/h13H,4-11H2,1-3H3,(H,16,17). The van der Waals surface area contributed by atoms with Gasteiger partial charge in [0.05, 0.1) is 0 Å². The monoisotopic (exact) mass is 309 g/mol. The fourth-order valence-corrected chi connectivity index (χ4v) is 2.53. The molecule has 2 heterocycles. The quantitative estimate of drug-likeness (QED) is 0.635. The summed E-state index contributed by atoms with van der Waals surface area (Å²) in [7, 11) is 2.07. The highest BCUT2D eigenvalue weighted by Gasteiger charge is 2.15. The van der Waals surface area contributed by atoms with Crippen molar-refractivity contribution in [3.63, 3.8) is 0 Å². The normalized spacial score (nSPS) is 16.8. The van der Waals surface area contributed by atoms with E-state index in [1.807, 2.05) is 6.92 Å². The molecule has 7 heteroatoms. The number of aryl methyl sites for hydroxylation is 1. The Hall–Kier alpha value is -1.63. The van der Waals surface area contributed by atoms with Crippen molar-refractivity contribution in [2.75, 3.05) is 33.4 Å². The summed E-state index contributed by atoms with van der Waals surface area (Å²) in [6.07, 6.45) is 3.51. The fourth-order valence-electron chi connectivity index (χ4n) is 2.53. The molecule has 0 spiro atoms. The Kier molecular flexibility index (Phi) is 6.64. The molecule has 1 aromatic heterocycles. The molecule has 0 bridgehead atoms. The Morgan fingerprint density at radius 1 is 1.41 bits per heavy atom. The highest BCUT2D eigenvalue weighted by atomic mass is 16.5. The van der Waals surface area contributed by atoms with Crippen molar-refractivity contribution in [2.45, 2.75) is 39.7 Å². The van der Waals surface area contributed by atoms with Crippen LogP contribution in [0.1, 0.15) is 37.9 Å². The third-order valence-electron chi connectivity index (χ3n) is 3.84. The average molecular weight is 309 g/mol. The van der Waals surface area contributed by atoms with Crippen molar-refractivity contribution in [1.82, 2.24) is 20.4 Å². The number of guanidine groups is 1. The van der Waals surface area contributed by atoms with Crippen LogP contribution in [0.5, 0.6) is 0 Å². The van der Waals surface area contributed by atoms with Gasteiger partial charge in [0.15, 0.2) is 11.8 Å². The first-order chi connectivity index (χ1) is 10.7. The minimum atomic E-state index is 0.408. The smallest absolute Gasteiger partial charge is 0.248 e. The van der Waals surface area contributed by atoms with Crippen LogP contribution in [0.3, 0.4) is 0 Å². The van der Waals surface area contributed by atoms with Gasteiger partial charge in [0.1, 0.15) is 6.54 Å². The zero-order valence-electron chi connectivity index (χ0n) is 13.8. The van der Waals surface area contributed by atoms with E-state index in [-0.39, 0.29) is 0 Å². The van der Waals surface area contributed by atoms with Crippen LogP contribution in [-0.2, 0) is 11.3 Å². The molecule has 0 atom stereocenters. The van der Waals surface area contributed by atoms with Gasteiger partial charge in [-0.2, -0.15) is 4.98 Å². The molecule has 124 valence electrons. The maximum atomic E-state index is 5.41. The molecular formula is C15H27N5O2. The summed E-state index contributed by atoms with van der Waals surface area (Å²) >= 11 is 0. The molecule has 22 heavy (non-hydrogen) atoms. The molecule has 1 aliphatic rings. The van der Waals surface area contributed by atoms with Crippen LogP contribution >= 0.6 is 0 Å². The van der Waals surface area contributed by atoms with Gasteiger partial charge in [-0.05, 0) is 39.0 Å². The minimum Gasteiger partial charge on any atom is -0.381 e. The van der Waals surface area contributed by atoms with Crippen molar-refractivity contribution in [2.24, 2.45) is 10.9 Å². The third-order valence-corrected chi connectivity index (χ3v) is 3.84. The Morgan fingerprint density at radius 2 is 2.18 bits per heavy atom. The summed E-state index contributed by atoms with van der Waals surface area (Å²) in [5.74, 6) is 2.83. The third kappa shape index (κ3) is 5.29. The molecule has 1 aromatic rings. The van der Waals surface area contributed by atoms with Crippen molar-refractivity contribution in [3.05, 3.63) is 11.7 Å². The van der Waals surface area contributed by atoms with Crippen LogP contribution in [0.15, 0.2) is 9.52 Å². The molecule has 1 fully saturated rings. The number of rotatable bonds is 6. The van der Waals surface area contributed by atoms with Gasteiger partial charge in [-0.15, -0.1) is 0 Å². The van der Waals surface area contributed by atoms with Gasteiger partial charge in [-0.3, -0.25) is 0 Å². The number of hydrogen-bond donors (Lipinski definition) is 1. The Labute approximate surface area is 132 Å². The van der Waals surface area contributed by atoms with Crippen molar-refractivity contribution in [3.8, 4) is 0 Å². The molecule has 0 unspecified atom stereocenters. The van der Waals surface area contributed by atoms with Crippen LogP contribution in [0.4, 0.5) is 0 Å². The molecule has 2 rings (SSSR count). The lowest BCUT2D eigenvalue weighted by atomic mass is 9.96. The molecule has 1 N–H and O–H groups in total. The van der Waals surface area contributed by atoms with E-state index in [1.165, 1.54) is 19.3 Å². The Balaban J connectivity index is 1.84. The largest absolute Gasteiger partial charge is 0.381 e. The summed E-state index contributed by atoms with van der Waals surface area (Å²) in [6, 6.07) is 0. The molecule has 1 saturated heterocycles. The Bertz CT molecular complexity index is 468. The molecule has 0 saturated carbocycles. The van der Waals surface area contributed by atoms with Crippen molar-refractivity contribution >= 4 is 5.96 Å². The van der Waals surface area contributed by atoms with Crippen LogP contribution in [0.2, 0.25) is 0 Å². The van der Waals surface area contributed by atoms with Crippen molar-refractivity contribution in [1.29, 1.82) is 0 Å². The van der Waals surface area contributed by atoms with Crippen molar-refractivity contribution < 1.29 is 9.26 Å². The van der Waals surface area contributed by atoms with Crippen LogP contribution < -0.4 is 5.32 Å². The second kappa shape index (κ2) is 8.73. The zero-order valence-corrected chi connectivity index (χ0v) is 13.8. The SMILES string of the molecule is CCNC(=NCc1nc(C)no1)N(C)CCC1CCOCC1. The molecule has 0 amide bonds. The summed E-state index contributed by atoms with van der Waals surface area (Å²) in [6.45, 7) is 7.91.